The van der Waals surface area contributed by atoms with Gasteiger partial charge in [0.25, 0.3) is 10.2 Å². The maximum atomic E-state index is 12.4. The van der Waals surface area contributed by atoms with Crippen LogP contribution in [-0.2, 0) is 10.2 Å². The Bertz CT molecular complexity index is 338. The Morgan fingerprint density at radius 1 is 1.26 bits per heavy atom. The molecule has 114 valence electrons. The molecule has 1 aliphatic heterocycles. The van der Waals surface area contributed by atoms with E-state index < -0.39 is 10.2 Å². The van der Waals surface area contributed by atoms with E-state index in [1.807, 2.05) is 0 Å². The lowest BCUT2D eigenvalue weighted by Gasteiger charge is -2.33. The Morgan fingerprint density at radius 2 is 1.89 bits per heavy atom. The third-order valence-corrected chi connectivity index (χ3v) is 5.94. The molecule has 0 saturated carbocycles. The summed E-state index contributed by atoms with van der Waals surface area (Å²) in [4.78, 5) is 0. The molecule has 0 aromatic rings. The van der Waals surface area contributed by atoms with Crippen LogP contribution in [0.3, 0.4) is 0 Å². The summed E-state index contributed by atoms with van der Waals surface area (Å²) in [6, 6.07) is 0. The maximum absolute atomic E-state index is 12.4. The van der Waals surface area contributed by atoms with Gasteiger partial charge in [0.1, 0.15) is 0 Å². The molecular formula is C13H29N3O2S. The quantitative estimate of drug-likeness (QED) is 0.686. The van der Waals surface area contributed by atoms with Crippen LogP contribution in [0.25, 0.3) is 0 Å². The molecule has 0 amide bonds. The Hall–Kier alpha value is -0.170. The number of rotatable bonds is 8. The summed E-state index contributed by atoms with van der Waals surface area (Å²) in [5.41, 5.74) is 0. The zero-order valence-electron chi connectivity index (χ0n) is 12.6. The van der Waals surface area contributed by atoms with Gasteiger partial charge in [-0.05, 0) is 38.3 Å². The number of hydrogen-bond donors (Lipinski definition) is 1. The van der Waals surface area contributed by atoms with Crippen molar-refractivity contribution in [3.8, 4) is 0 Å². The van der Waals surface area contributed by atoms with Crippen LogP contribution >= 0.6 is 0 Å². The first-order chi connectivity index (χ1) is 9.02. The third-order valence-electron chi connectivity index (χ3n) is 3.95. The van der Waals surface area contributed by atoms with Crippen molar-refractivity contribution in [2.24, 2.45) is 5.92 Å². The zero-order chi connectivity index (χ0) is 14.3. The van der Waals surface area contributed by atoms with Crippen LogP contribution in [0.1, 0.15) is 39.5 Å². The van der Waals surface area contributed by atoms with E-state index in [0.29, 0.717) is 25.6 Å². The topological polar surface area (TPSA) is 52.7 Å². The first kappa shape index (κ1) is 16.9. The van der Waals surface area contributed by atoms with Gasteiger partial charge in [0.05, 0.1) is 0 Å². The van der Waals surface area contributed by atoms with Crippen molar-refractivity contribution in [1.82, 2.24) is 13.9 Å². The predicted molar refractivity (Wildman–Crippen MR) is 79.3 cm³/mol. The Morgan fingerprint density at radius 3 is 2.42 bits per heavy atom. The molecule has 0 unspecified atom stereocenters. The van der Waals surface area contributed by atoms with E-state index in [0.717, 1.165) is 38.8 Å². The van der Waals surface area contributed by atoms with Gasteiger partial charge in [-0.2, -0.15) is 17.0 Å². The molecule has 1 saturated heterocycles. The van der Waals surface area contributed by atoms with Crippen LogP contribution in [0.2, 0.25) is 0 Å². The molecule has 0 atom stereocenters. The van der Waals surface area contributed by atoms with E-state index >= 15 is 0 Å². The van der Waals surface area contributed by atoms with E-state index in [-0.39, 0.29) is 0 Å². The lowest BCUT2D eigenvalue weighted by Crippen LogP contribution is -2.46. The van der Waals surface area contributed by atoms with Crippen LogP contribution < -0.4 is 5.32 Å². The maximum Gasteiger partial charge on any atom is 0.281 e. The smallest absolute Gasteiger partial charge is 0.281 e. The fourth-order valence-electron chi connectivity index (χ4n) is 2.46. The fraction of sp³-hybridized carbons (Fsp3) is 1.00. The molecular weight excluding hydrogens is 262 g/mol. The summed E-state index contributed by atoms with van der Waals surface area (Å²) < 4.78 is 27.9. The molecule has 6 heteroatoms. The second kappa shape index (κ2) is 8.19. The normalized spacial score (nSPS) is 19.2. The number of piperidine rings is 1. The molecule has 5 nitrogen and oxygen atoms in total. The van der Waals surface area contributed by atoms with Gasteiger partial charge in [0, 0.05) is 26.7 Å². The highest BCUT2D eigenvalue weighted by molar-refractivity contribution is 7.86. The van der Waals surface area contributed by atoms with Gasteiger partial charge in [-0.25, -0.2) is 0 Å². The molecule has 19 heavy (non-hydrogen) atoms. The number of nitrogens with one attached hydrogen (secondary N) is 1. The van der Waals surface area contributed by atoms with Gasteiger partial charge in [-0.1, -0.05) is 20.3 Å². The van der Waals surface area contributed by atoms with Crippen LogP contribution in [-0.4, -0.2) is 56.8 Å². The van der Waals surface area contributed by atoms with Gasteiger partial charge in [-0.15, -0.1) is 0 Å². The van der Waals surface area contributed by atoms with Gasteiger partial charge in [0.15, 0.2) is 0 Å². The molecule has 0 aromatic heterocycles. The molecule has 1 aliphatic rings. The highest BCUT2D eigenvalue weighted by atomic mass is 32.2. The average Bonchev–Trinajstić information content (AvgIpc) is 2.43. The van der Waals surface area contributed by atoms with Crippen molar-refractivity contribution < 1.29 is 8.42 Å². The van der Waals surface area contributed by atoms with Crippen LogP contribution in [0, 0.1) is 5.92 Å². The van der Waals surface area contributed by atoms with Crippen molar-refractivity contribution in [1.29, 1.82) is 0 Å². The third kappa shape index (κ3) is 5.02. The van der Waals surface area contributed by atoms with Crippen LogP contribution in [0.15, 0.2) is 0 Å². The summed E-state index contributed by atoms with van der Waals surface area (Å²) >= 11 is 0. The lowest BCUT2D eigenvalue weighted by atomic mass is 9.96. The Labute approximate surface area is 118 Å². The summed E-state index contributed by atoms with van der Waals surface area (Å²) in [6.07, 6.45) is 4.02. The molecule has 0 spiro atoms. The zero-order valence-corrected chi connectivity index (χ0v) is 13.4. The Kier molecular flexibility index (Phi) is 7.28. The fourth-order valence-corrected chi connectivity index (χ4v) is 3.89. The minimum atomic E-state index is -3.24. The highest BCUT2D eigenvalue weighted by Gasteiger charge is 2.30. The van der Waals surface area contributed by atoms with Crippen LogP contribution in [0.5, 0.6) is 0 Å². The van der Waals surface area contributed by atoms with Crippen molar-refractivity contribution in [3.63, 3.8) is 0 Å². The number of nitrogens with zero attached hydrogens (tertiary/aromatic N) is 2. The lowest BCUT2D eigenvalue weighted by molar-refractivity contribution is 0.254. The SMILES string of the molecule is CCNCCCN(C)S(=O)(=O)N1CCC(CC)CC1. The summed E-state index contributed by atoms with van der Waals surface area (Å²) in [6.45, 7) is 7.98. The molecule has 1 heterocycles. The Balaban J connectivity index is 2.41. The average molecular weight is 291 g/mol. The molecule has 0 bridgehead atoms. The highest BCUT2D eigenvalue weighted by Crippen LogP contribution is 2.22. The van der Waals surface area contributed by atoms with Crippen molar-refractivity contribution in [2.45, 2.75) is 39.5 Å². The minimum Gasteiger partial charge on any atom is -0.317 e. The standard InChI is InChI=1S/C13H29N3O2S/c1-4-13-7-11-16(12-8-13)19(17,18)15(3)10-6-9-14-5-2/h13-14H,4-12H2,1-3H3. The minimum absolute atomic E-state index is 0.586. The first-order valence-corrected chi connectivity index (χ1v) is 8.84. The summed E-state index contributed by atoms with van der Waals surface area (Å²) in [7, 11) is -1.55. The van der Waals surface area contributed by atoms with E-state index in [1.165, 1.54) is 4.31 Å². The monoisotopic (exact) mass is 291 g/mol. The van der Waals surface area contributed by atoms with Gasteiger partial charge < -0.3 is 5.32 Å². The van der Waals surface area contributed by atoms with E-state index in [4.69, 9.17) is 0 Å². The van der Waals surface area contributed by atoms with Crippen molar-refractivity contribution >= 4 is 10.2 Å². The second-order valence-corrected chi connectivity index (χ2v) is 7.32. The van der Waals surface area contributed by atoms with Gasteiger partial charge in [0.2, 0.25) is 0 Å². The second-order valence-electron chi connectivity index (χ2n) is 5.29. The summed E-state index contributed by atoms with van der Waals surface area (Å²) in [5.74, 6) is 0.700. The van der Waals surface area contributed by atoms with Crippen molar-refractivity contribution in [2.75, 3.05) is 39.8 Å². The van der Waals surface area contributed by atoms with Gasteiger partial charge >= 0.3 is 0 Å². The van der Waals surface area contributed by atoms with Crippen LogP contribution in [0.4, 0.5) is 0 Å². The molecule has 0 aliphatic carbocycles. The predicted octanol–water partition coefficient (Wildman–Crippen LogP) is 1.28. The summed E-state index contributed by atoms with van der Waals surface area (Å²) in [5, 5.41) is 3.21. The van der Waals surface area contributed by atoms with E-state index in [2.05, 4.69) is 19.2 Å². The van der Waals surface area contributed by atoms with E-state index in [1.54, 1.807) is 11.4 Å². The largest absolute Gasteiger partial charge is 0.317 e. The number of hydrogen-bond acceptors (Lipinski definition) is 3. The molecule has 0 aromatic carbocycles. The molecule has 0 radical (unpaired) electrons. The molecule has 1 rings (SSSR count). The van der Waals surface area contributed by atoms with E-state index in [9.17, 15) is 8.42 Å². The van der Waals surface area contributed by atoms with Crippen molar-refractivity contribution in [3.05, 3.63) is 0 Å². The van der Waals surface area contributed by atoms with Gasteiger partial charge in [-0.3, -0.25) is 0 Å². The molecule has 1 fully saturated rings. The molecule has 1 N–H and O–H groups in total. The first-order valence-electron chi connectivity index (χ1n) is 7.44.